The predicted molar refractivity (Wildman–Crippen MR) is 69.2 cm³/mol. The molecular formula is C14H9N3O3. The second kappa shape index (κ2) is 4.55. The summed E-state index contributed by atoms with van der Waals surface area (Å²) < 4.78 is 6.92. The van der Waals surface area contributed by atoms with Crippen LogP contribution in [0.25, 0.3) is 11.0 Å². The number of benzene rings is 1. The Hall–Kier alpha value is -3.07. The van der Waals surface area contributed by atoms with Gasteiger partial charge in [-0.25, -0.2) is 9.78 Å². The molecule has 0 bridgehead atoms. The number of hydrogen-bond donors (Lipinski definition) is 1. The fourth-order valence-electron chi connectivity index (χ4n) is 2.04. The molecule has 0 aliphatic heterocycles. The van der Waals surface area contributed by atoms with E-state index >= 15 is 0 Å². The fraction of sp³-hybridized carbons (Fsp3) is 0.0714. The number of aromatic nitrogens is 2. The summed E-state index contributed by atoms with van der Waals surface area (Å²) in [5.41, 5.74) is 1.46. The molecule has 2 aromatic heterocycles. The SMILES string of the molecule is N#Cc1nccn1Cc1ccc2oc(C(=O)O)cc2c1. The number of carboxylic acid groups (broad SMARTS) is 1. The van der Waals surface area contributed by atoms with Gasteiger partial charge in [-0.05, 0) is 23.8 Å². The van der Waals surface area contributed by atoms with Crippen molar-refractivity contribution in [3.8, 4) is 6.07 Å². The van der Waals surface area contributed by atoms with Gasteiger partial charge in [0.15, 0.2) is 0 Å². The number of carboxylic acids is 1. The van der Waals surface area contributed by atoms with E-state index in [1.165, 1.54) is 6.07 Å². The molecular weight excluding hydrogens is 258 g/mol. The molecule has 0 amide bonds. The summed E-state index contributed by atoms with van der Waals surface area (Å²) >= 11 is 0. The van der Waals surface area contributed by atoms with Gasteiger partial charge in [-0.3, -0.25) is 0 Å². The Bertz CT molecular complexity index is 839. The molecule has 1 N–H and O–H groups in total. The van der Waals surface area contributed by atoms with Gasteiger partial charge >= 0.3 is 5.97 Å². The molecule has 6 nitrogen and oxygen atoms in total. The van der Waals surface area contributed by atoms with E-state index in [4.69, 9.17) is 14.8 Å². The minimum absolute atomic E-state index is 0.0857. The lowest BCUT2D eigenvalue weighted by molar-refractivity contribution is 0.0665. The largest absolute Gasteiger partial charge is 0.475 e. The van der Waals surface area contributed by atoms with E-state index in [1.807, 2.05) is 18.2 Å². The second-order valence-electron chi connectivity index (χ2n) is 4.28. The summed E-state index contributed by atoms with van der Waals surface area (Å²) in [6.07, 6.45) is 3.29. The van der Waals surface area contributed by atoms with Crippen molar-refractivity contribution in [3.05, 3.63) is 53.8 Å². The Kier molecular flexibility index (Phi) is 2.73. The molecule has 0 saturated heterocycles. The van der Waals surface area contributed by atoms with Crippen LogP contribution in [0, 0.1) is 11.3 Å². The van der Waals surface area contributed by atoms with Gasteiger partial charge in [0.25, 0.3) is 0 Å². The number of furan rings is 1. The van der Waals surface area contributed by atoms with Gasteiger partial charge in [0.05, 0.1) is 0 Å². The molecule has 0 radical (unpaired) electrons. The van der Waals surface area contributed by atoms with Crippen molar-refractivity contribution < 1.29 is 14.3 Å². The maximum absolute atomic E-state index is 10.9. The summed E-state index contributed by atoms with van der Waals surface area (Å²) in [6.45, 7) is 0.492. The van der Waals surface area contributed by atoms with E-state index in [0.29, 0.717) is 18.0 Å². The van der Waals surface area contributed by atoms with Gasteiger partial charge in [-0.1, -0.05) is 6.07 Å². The van der Waals surface area contributed by atoms with Crippen LogP contribution < -0.4 is 0 Å². The summed E-state index contributed by atoms with van der Waals surface area (Å²) in [7, 11) is 0. The number of rotatable bonds is 3. The summed E-state index contributed by atoms with van der Waals surface area (Å²) in [5, 5.41) is 18.5. The predicted octanol–water partition coefficient (Wildman–Crippen LogP) is 2.25. The third-order valence-corrected chi connectivity index (χ3v) is 2.96. The number of fused-ring (bicyclic) bond motifs is 1. The quantitative estimate of drug-likeness (QED) is 0.785. The van der Waals surface area contributed by atoms with Crippen LogP contribution in [0.15, 0.2) is 41.1 Å². The Labute approximate surface area is 113 Å². The minimum atomic E-state index is -1.09. The lowest BCUT2D eigenvalue weighted by Gasteiger charge is -2.03. The summed E-state index contributed by atoms with van der Waals surface area (Å²) in [6, 6.07) is 8.89. The molecule has 3 aromatic rings. The van der Waals surface area contributed by atoms with Crippen LogP contribution in [0.1, 0.15) is 21.9 Å². The molecule has 0 aliphatic rings. The van der Waals surface area contributed by atoms with Crippen molar-refractivity contribution in [1.29, 1.82) is 5.26 Å². The van der Waals surface area contributed by atoms with Crippen LogP contribution in [0.5, 0.6) is 0 Å². The Morgan fingerprint density at radius 2 is 2.30 bits per heavy atom. The van der Waals surface area contributed by atoms with Crippen LogP contribution in [0.3, 0.4) is 0 Å². The van der Waals surface area contributed by atoms with E-state index in [9.17, 15) is 4.79 Å². The number of carbonyl (C=O) groups is 1. The first-order valence-corrected chi connectivity index (χ1v) is 5.84. The van der Waals surface area contributed by atoms with Gasteiger partial charge in [0, 0.05) is 24.3 Å². The molecule has 1 aromatic carbocycles. The first-order valence-electron chi connectivity index (χ1n) is 5.84. The summed E-state index contributed by atoms with van der Waals surface area (Å²) in [4.78, 5) is 14.8. The van der Waals surface area contributed by atoms with Gasteiger partial charge in [-0.15, -0.1) is 0 Å². The van der Waals surface area contributed by atoms with Crippen LogP contribution in [0.4, 0.5) is 0 Å². The normalized spacial score (nSPS) is 10.6. The molecule has 0 unspecified atom stereocenters. The maximum atomic E-state index is 10.9. The number of imidazole rings is 1. The van der Waals surface area contributed by atoms with Crippen molar-refractivity contribution >= 4 is 16.9 Å². The lowest BCUT2D eigenvalue weighted by atomic mass is 10.1. The zero-order valence-electron chi connectivity index (χ0n) is 10.3. The van der Waals surface area contributed by atoms with Crippen LogP contribution in [-0.4, -0.2) is 20.6 Å². The average Bonchev–Trinajstić information content (AvgIpc) is 3.04. The van der Waals surface area contributed by atoms with Crippen molar-refractivity contribution in [2.75, 3.05) is 0 Å². The zero-order valence-corrected chi connectivity index (χ0v) is 10.3. The number of hydrogen-bond acceptors (Lipinski definition) is 4. The first kappa shape index (κ1) is 12.0. The number of aromatic carboxylic acids is 1. The Morgan fingerprint density at radius 3 is 3.05 bits per heavy atom. The molecule has 0 fully saturated rings. The van der Waals surface area contributed by atoms with Gasteiger partial charge in [0.2, 0.25) is 11.6 Å². The minimum Gasteiger partial charge on any atom is -0.475 e. The molecule has 98 valence electrons. The molecule has 20 heavy (non-hydrogen) atoms. The van der Waals surface area contributed by atoms with Crippen molar-refractivity contribution in [2.45, 2.75) is 6.54 Å². The van der Waals surface area contributed by atoms with E-state index in [2.05, 4.69) is 4.98 Å². The van der Waals surface area contributed by atoms with Gasteiger partial charge in [-0.2, -0.15) is 5.26 Å². The maximum Gasteiger partial charge on any atom is 0.371 e. The van der Waals surface area contributed by atoms with E-state index < -0.39 is 5.97 Å². The van der Waals surface area contributed by atoms with Crippen LogP contribution in [-0.2, 0) is 6.54 Å². The van der Waals surface area contributed by atoms with Crippen LogP contribution in [0.2, 0.25) is 0 Å². The number of nitriles is 1. The Morgan fingerprint density at radius 1 is 1.45 bits per heavy atom. The molecule has 0 spiro atoms. The fourth-order valence-corrected chi connectivity index (χ4v) is 2.04. The second-order valence-corrected chi connectivity index (χ2v) is 4.28. The summed E-state index contributed by atoms with van der Waals surface area (Å²) in [5.74, 6) is -0.842. The van der Waals surface area contributed by atoms with Gasteiger partial charge in [0.1, 0.15) is 11.7 Å². The standard InChI is InChI=1S/C14H9N3O3/c15-7-13-16-3-4-17(13)8-9-1-2-11-10(5-9)6-12(20-11)14(18)19/h1-6H,8H2,(H,18,19). The molecule has 0 aliphatic carbocycles. The monoisotopic (exact) mass is 267 g/mol. The van der Waals surface area contributed by atoms with Crippen LogP contribution >= 0.6 is 0 Å². The van der Waals surface area contributed by atoms with Crippen molar-refractivity contribution in [3.63, 3.8) is 0 Å². The van der Waals surface area contributed by atoms with Crippen molar-refractivity contribution in [1.82, 2.24) is 9.55 Å². The average molecular weight is 267 g/mol. The molecule has 2 heterocycles. The highest BCUT2D eigenvalue weighted by atomic mass is 16.4. The van der Waals surface area contributed by atoms with E-state index in [-0.39, 0.29) is 5.76 Å². The number of nitrogens with zero attached hydrogens (tertiary/aromatic N) is 3. The smallest absolute Gasteiger partial charge is 0.371 e. The Balaban J connectivity index is 1.97. The zero-order chi connectivity index (χ0) is 14.1. The topological polar surface area (TPSA) is 92.0 Å². The highest BCUT2D eigenvalue weighted by molar-refractivity contribution is 5.91. The first-order chi connectivity index (χ1) is 9.67. The highest BCUT2D eigenvalue weighted by Crippen LogP contribution is 2.21. The lowest BCUT2D eigenvalue weighted by Crippen LogP contribution is -2.01. The van der Waals surface area contributed by atoms with Gasteiger partial charge < -0.3 is 14.1 Å². The van der Waals surface area contributed by atoms with Crippen molar-refractivity contribution in [2.24, 2.45) is 0 Å². The third kappa shape index (κ3) is 2.01. The molecule has 3 rings (SSSR count). The molecule has 6 heteroatoms. The molecule has 0 atom stereocenters. The molecule has 0 saturated carbocycles. The third-order valence-electron chi connectivity index (χ3n) is 2.96. The van der Waals surface area contributed by atoms with E-state index in [0.717, 1.165) is 10.9 Å². The highest BCUT2D eigenvalue weighted by Gasteiger charge is 2.11. The van der Waals surface area contributed by atoms with E-state index in [1.54, 1.807) is 23.0 Å².